The molecule has 0 fully saturated rings. The summed E-state index contributed by atoms with van der Waals surface area (Å²) in [4.78, 5) is 5.34. The second-order valence-electron chi connectivity index (χ2n) is 3.50. The van der Waals surface area contributed by atoms with Crippen LogP contribution in [0.25, 0.3) is 11.1 Å². The first-order chi connectivity index (χ1) is 7.56. The van der Waals surface area contributed by atoms with Gasteiger partial charge in [-0.05, 0) is 12.1 Å². The zero-order chi connectivity index (χ0) is 11.7. The fraction of sp³-hybridized carbons (Fsp3) is 0.300. The van der Waals surface area contributed by atoms with Gasteiger partial charge in [-0.3, -0.25) is 0 Å². The van der Waals surface area contributed by atoms with E-state index >= 15 is 0 Å². The van der Waals surface area contributed by atoms with E-state index in [0.717, 1.165) is 0 Å². The van der Waals surface area contributed by atoms with Gasteiger partial charge in [-0.15, -0.1) is 0 Å². The number of anilines is 2. The molecule has 2 N–H and O–H groups in total. The molecule has 0 radical (unpaired) electrons. The number of hydrogen-bond acceptors (Lipinski definition) is 4. The monoisotopic (exact) mass is 227 g/mol. The molecular formula is C10H11F2N3O. The van der Waals surface area contributed by atoms with Crippen LogP contribution >= 0.6 is 0 Å². The summed E-state index contributed by atoms with van der Waals surface area (Å²) in [6.45, 7) is -0.414. The van der Waals surface area contributed by atoms with Crippen LogP contribution in [0.3, 0.4) is 0 Å². The highest BCUT2D eigenvalue weighted by atomic mass is 19.3. The topological polar surface area (TPSA) is 55.3 Å². The van der Waals surface area contributed by atoms with E-state index in [2.05, 4.69) is 4.98 Å². The van der Waals surface area contributed by atoms with Crippen LogP contribution in [0.2, 0.25) is 0 Å². The van der Waals surface area contributed by atoms with Crippen molar-refractivity contribution in [2.75, 3.05) is 24.2 Å². The normalized spacial score (nSPS) is 11.2. The second-order valence-corrected chi connectivity index (χ2v) is 3.50. The Kier molecular flexibility index (Phi) is 2.64. The first kappa shape index (κ1) is 10.7. The lowest BCUT2D eigenvalue weighted by atomic mass is 10.3. The maximum absolute atomic E-state index is 12.2. The molecule has 4 nitrogen and oxygen atoms in total. The van der Waals surface area contributed by atoms with Gasteiger partial charge in [0.05, 0.1) is 6.54 Å². The van der Waals surface area contributed by atoms with Gasteiger partial charge in [-0.25, -0.2) is 8.78 Å². The van der Waals surface area contributed by atoms with Crippen LogP contribution in [0.15, 0.2) is 22.6 Å². The Morgan fingerprint density at radius 2 is 2.25 bits per heavy atom. The van der Waals surface area contributed by atoms with Gasteiger partial charge in [-0.1, -0.05) is 0 Å². The summed E-state index contributed by atoms with van der Waals surface area (Å²) in [6.07, 6.45) is -2.43. The summed E-state index contributed by atoms with van der Waals surface area (Å²) in [5, 5.41) is 0. The average molecular weight is 227 g/mol. The van der Waals surface area contributed by atoms with Crippen LogP contribution in [-0.2, 0) is 0 Å². The molecule has 1 aromatic heterocycles. The average Bonchev–Trinajstić information content (AvgIpc) is 2.59. The third-order valence-corrected chi connectivity index (χ3v) is 2.14. The molecule has 0 bridgehead atoms. The van der Waals surface area contributed by atoms with Gasteiger partial charge in [0.15, 0.2) is 5.58 Å². The molecule has 0 aliphatic heterocycles. The zero-order valence-corrected chi connectivity index (χ0v) is 8.65. The van der Waals surface area contributed by atoms with Gasteiger partial charge in [0, 0.05) is 18.8 Å². The summed E-state index contributed by atoms with van der Waals surface area (Å²) in [5.74, 6) is 0. The number of hydrogen-bond donors (Lipinski definition) is 1. The summed E-state index contributed by atoms with van der Waals surface area (Å²) in [5.41, 5.74) is 7.22. The largest absolute Gasteiger partial charge is 0.423 e. The zero-order valence-electron chi connectivity index (χ0n) is 8.65. The molecule has 0 atom stereocenters. The Balaban J connectivity index is 2.32. The van der Waals surface area contributed by atoms with Crippen molar-refractivity contribution < 1.29 is 13.2 Å². The van der Waals surface area contributed by atoms with Crippen LogP contribution in [0, 0.1) is 0 Å². The predicted octanol–water partition coefficient (Wildman–Crippen LogP) is 2.11. The van der Waals surface area contributed by atoms with E-state index in [0.29, 0.717) is 16.8 Å². The van der Waals surface area contributed by atoms with Crippen LogP contribution < -0.4 is 10.6 Å². The van der Waals surface area contributed by atoms with Crippen LogP contribution in [0.4, 0.5) is 20.5 Å². The number of aromatic nitrogens is 1. The molecule has 86 valence electrons. The molecule has 0 unspecified atom stereocenters. The molecule has 16 heavy (non-hydrogen) atoms. The fourth-order valence-electron chi connectivity index (χ4n) is 1.38. The lowest BCUT2D eigenvalue weighted by Gasteiger charge is -2.12. The van der Waals surface area contributed by atoms with Crippen molar-refractivity contribution in [1.29, 1.82) is 0 Å². The van der Waals surface area contributed by atoms with Crippen LogP contribution in [0.1, 0.15) is 0 Å². The second kappa shape index (κ2) is 3.96. The molecule has 0 amide bonds. The van der Waals surface area contributed by atoms with E-state index in [-0.39, 0.29) is 6.01 Å². The van der Waals surface area contributed by atoms with Crippen molar-refractivity contribution in [1.82, 2.24) is 4.98 Å². The van der Waals surface area contributed by atoms with Crippen LogP contribution in [-0.4, -0.2) is 25.0 Å². The number of nitrogens with two attached hydrogens (primary N) is 1. The number of nitrogen functional groups attached to an aromatic ring is 1. The maximum atomic E-state index is 12.2. The molecule has 0 aliphatic rings. The van der Waals surface area contributed by atoms with Gasteiger partial charge < -0.3 is 15.1 Å². The third-order valence-electron chi connectivity index (χ3n) is 2.14. The lowest BCUT2D eigenvalue weighted by Crippen LogP contribution is -2.24. The Morgan fingerprint density at radius 1 is 1.50 bits per heavy atom. The summed E-state index contributed by atoms with van der Waals surface area (Å²) < 4.78 is 29.6. The Bertz CT molecular complexity index is 498. The number of alkyl halides is 2. The molecule has 6 heteroatoms. The van der Waals surface area contributed by atoms with E-state index < -0.39 is 13.0 Å². The van der Waals surface area contributed by atoms with Crippen molar-refractivity contribution in [2.24, 2.45) is 0 Å². The Morgan fingerprint density at radius 3 is 2.94 bits per heavy atom. The fourth-order valence-corrected chi connectivity index (χ4v) is 1.38. The van der Waals surface area contributed by atoms with Gasteiger partial charge in [0.1, 0.15) is 5.52 Å². The molecule has 2 rings (SSSR count). The summed E-state index contributed by atoms with van der Waals surface area (Å²) in [7, 11) is 1.50. The molecule has 0 aliphatic carbocycles. The lowest BCUT2D eigenvalue weighted by molar-refractivity contribution is 0.155. The number of rotatable bonds is 3. The van der Waals surface area contributed by atoms with Crippen LogP contribution in [0.5, 0.6) is 0 Å². The number of nitrogens with zero attached hydrogens (tertiary/aromatic N) is 2. The molecular weight excluding hydrogens is 216 g/mol. The summed E-state index contributed by atoms with van der Waals surface area (Å²) in [6, 6.07) is 5.15. The molecule has 1 aromatic carbocycles. The van der Waals surface area contributed by atoms with Crippen molar-refractivity contribution in [3.8, 4) is 0 Å². The molecule has 2 aromatic rings. The highest BCUT2D eigenvalue weighted by Gasteiger charge is 2.14. The van der Waals surface area contributed by atoms with E-state index in [1.54, 1.807) is 18.2 Å². The molecule has 0 spiro atoms. The van der Waals surface area contributed by atoms with Crippen molar-refractivity contribution in [3.05, 3.63) is 18.2 Å². The van der Waals surface area contributed by atoms with Gasteiger partial charge in [-0.2, -0.15) is 4.98 Å². The smallest absolute Gasteiger partial charge is 0.298 e. The highest BCUT2D eigenvalue weighted by Crippen LogP contribution is 2.23. The van der Waals surface area contributed by atoms with Crippen molar-refractivity contribution >= 4 is 22.8 Å². The van der Waals surface area contributed by atoms with Crippen molar-refractivity contribution in [2.45, 2.75) is 6.43 Å². The number of fused-ring (bicyclic) bond motifs is 1. The van der Waals surface area contributed by atoms with E-state index in [1.807, 2.05) is 0 Å². The first-order valence-corrected chi connectivity index (χ1v) is 4.71. The standard InChI is InChI=1S/C10H11F2N3O/c1-15(5-9(11)12)10-14-7-3-2-6(13)4-8(7)16-10/h2-4,9H,5,13H2,1H3. The highest BCUT2D eigenvalue weighted by molar-refractivity contribution is 5.78. The van der Waals surface area contributed by atoms with Crippen molar-refractivity contribution in [3.63, 3.8) is 0 Å². The minimum absolute atomic E-state index is 0.168. The van der Waals surface area contributed by atoms with E-state index in [1.165, 1.54) is 11.9 Å². The third kappa shape index (κ3) is 2.05. The first-order valence-electron chi connectivity index (χ1n) is 4.71. The van der Waals surface area contributed by atoms with Gasteiger partial charge >= 0.3 is 0 Å². The Labute approximate surface area is 90.7 Å². The van der Waals surface area contributed by atoms with E-state index in [9.17, 15) is 8.78 Å². The minimum Gasteiger partial charge on any atom is -0.423 e. The molecule has 1 heterocycles. The molecule has 0 saturated heterocycles. The predicted molar refractivity (Wildman–Crippen MR) is 57.7 cm³/mol. The minimum atomic E-state index is -2.43. The number of halogens is 2. The molecule has 0 saturated carbocycles. The van der Waals surface area contributed by atoms with E-state index in [4.69, 9.17) is 10.2 Å². The quantitative estimate of drug-likeness (QED) is 0.816. The van der Waals surface area contributed by atoms with Gasteiger partial charge in [0.2, 0.25) is 0 Å². The number of benzene rings is 1. The maximum Gasteiger partial charge on any atom is 0.298 e. The summed E-state index contributed by atoms with van der Waals surface area (Å²) >= 11 is 0. The Hall–Kier alpha value is -1.85. The number of oxazole rings is 1. The van der Waals surface area contributed by atoms with Gasteiger partial charge in [0.25, 0.3) is 12.4 Å². The SMILES string of the molecule is CN(CC(F)F)c1nc2ccc(N)cc2o1.